The first-order valence-electron chi connectivity index (χ1n) is 6.60. The highest BCUT2D eigenvalue weighted by Crippen LogP contribution is 2.42. The molecule has 2 atom stereocenters. The molecule has 1 fully saturated rings. The molecule has 1 aromatic rings. The second-order valence-corrected chi connectivity index (χ2v) is 5.09. The Kier molecular flexibility index (Phi) is 3.42. The van der Waals surface area contributed by atoms with Gasteiger partial charge >= 0.3 is 6.29 Å². The van der Waals surface area contributed by atoms with Gasteiger partial charge < -0.3 is 25.4 Å². The van der Waals surface area contributed by atoms with Gasteiger partial charge in [0.15, 0.2) is 11.5 Å². The van der Waals surface area contributed by atoms with Crippen LogP contribution in [-0.4, -0.2) is 37.4 Å². The van der Waals surface area contributed by atoms with Gasteiger partial charge in [0.2, 0.25) is 5.91 Å². The third-order valence-electron chi connectivity index (χ3n) is 3.33. The number of hydrogen-bond donors (Lipinski definition) is 3. The molecule has 3 N–H and O–H groups in total. The number of alkyl halides is 2. The second kappa shape index (κ2) is 5.12. The van der Waals surface area contributed by atoms with E-state index in [4.69, 9.17) is 0 Å². The summed E-state index contributed by atoms with van der Waals surface area (Å²) in [5.74, 6) is -0.384. The van der Waals surface area contributed by atoms with Crippen LogP contribution in [0.4, 0.5) is 14.5 Å². The van der Waals surface area contributed by atoms with Crippen LogP contribution in [0.3, 0.4) is 0 Å². The predicted octanol–water partition coefficient (Wildman–Crippen LogP) is 0.896. The first-order chi connectivity index (χ1) is 9.93. The number of rotatable bonds is 2. The predicted molar refractivity (Wildman–Crippen MR) is 70.5 cm³/mol. The van der Waals surface area contributed by atoms with Crippen molar-refractivity contribution in [3.63, 3.8) is 0 Å². The van der Waals surface area contributed by atoms with E-state index in [1.165, 1.54) is 18.2 Å². The van der Waals surface area contributed by atoms with Crippen molar-refractivity contribution >= 4 is 11.6 Å². The summed E-state index contributed by atoms with van der Waals surface area (Å²) in [5, 5.41) is 8.95. The number of ether oxygens (including phenoxy) is 2. The maximum absolute atomic E-state index is 12.9. The molecule has 3 rings (SSSR count). The summed E-state index contributed by atoms with van der Waals surface area (Å²) in [6.45, 7) is 3.21. The highest BCUT2D eigenvalue weighted by Gasteiger charge is 2.43. The van der Waals surface area contributed by atoms with Crippen LogP contribution in [0.15, 0.2) is 18.2 Å². The maximum atomic E-state index is 12.9. The van der Waals surface area contributed by atoms with Crippen LogP contribution in [0, 0.1) is 0 Å². The van der Waals surface area contributed by atoms with Crippen molar-refractivity contribution in [2.75, 3.05) is 18.4 Å². The van der Waals surface area contributed by atoms with Gasteiger partial charge in [-0.15, -0.1) is 8.78 Å². The number of hydrogen-bond acceptors (Lipinski definition) is 5. The van der Waals surface area contributed by atoms with Crippen molar-refractivity contribution in [1.29, 1.82) is 0 Å². The number of benzene rings is 1. The van der Waals surface area contributed by atoms with E-state index < -0.39 is 6.29 Å². The molecule has 1 saturated heterocycles. The van der Waals surface area contributed by atoms with Crippen molar-refractivity contribution in [3.8, 4) is 11.5 Å². The summed E-state index contributed by atoms with van der Waals surface area (Å²) >= 11 is 0. The van der Waals surface area contributed by atoms with E-state index in [2.05, 4.69) is 25.4 Å². The third-order valence-corrected chi connectivity index (χ3v) is 3.33. The van der Waals surface area contributed by atoms with E-state index in [1.807, 2.05) is 6.92 Å². The smallest absolute Gasteiger partial charge is 0.395 e. The molecule has 2 heterocycles. The second-order valence-electron chi connectivity index (χ2n) is 5.09. The summed E-state index contributed by atoms with van der Waals surface area (Å²) in [4.78, 5) is 12.1. The van der Waals surface area contributed by atoms with E-state index in [1.54, 1.807) is 0 Å². The summed E-state index contributed by atoms with van der Waals surface area (Å²) in [5.41, 5.74) is 0.375. The molecule has 0 radical (unpaired) electrons. The van der Waals surface area contributed by atoms with Gasteiger partial charge in [-0.1, -0.05) is 0 Å². The molecule has 2 aliphatic heterocycles. The zero-order chi connectivity index (χ0) is 15.0. The minimum Gasteiger partial charge on any atom is -0.395 e. The zero-order valence-corrected chi connectivity index (χ0v) is 11.3. The van der Waals surface area contributed by atoms with Gasteiger partial charge in [-0.05, 0) is 19.1 Å². The number of anilines is 1. The van der Waals surface area contributed by atoms with Gasteiger partial charge in [0.05, 0.1) is 6.04 Å². The summed E-state index contributed by atoms with van der Waals surface area (Å²) < 4.78 is 34.5. The van der Waals surface area contributed by atoms with Gasteiger partial charge in [-0.2, -0.15) is 0 Å². The lowest BCUT2D eigenvalue weighted by Crippen LogP contribution is -2.57. The van der Waals surface area contributed by atoms with Crippen LogP contribution in [0.25, 0.3) is 0 Å². The number of halogens is 2. The number of fused-ring (bicyclic) bond motifs is 1. The monoisotopic (exact) mass is 299 g/mol. The van der Waals surface area contributed by atoms with Gasteiger partial charge in [-0.3, -0.25) is 4.79 Å². The Morgan fingerprint density at radius 3 is 2.76 bits per heavy atom. The average Bonchev–Trinajstić information content (AvgIpc) is 2.72. The number of piperazine rings is 1. The van der Waals surface area contributed by atoms with E-state index in [9.17, 15) is 13.6 Å². The molecule has 0 bridgehead atoms. The van der Waals surface area contributed by atoms with Crippen LogP contribution < -0.4 is 25.4 Å². The minimum absolute atomic E-state index is 0.0516. The zero-order valence-electron chi connectivity index (χ0n) is 11.3. The Morgan fingerprint density at radius 2 is 2.05 bits per heavy atom. The first-order valence-corrected chi connectivity index (χ1v) is 6.60. The molecule has 1 amide bonds. The topological polar surface area (TPSA) is 71.6 Å². The Labute approximate surface area is 119 Å². The SMILES string of the molecule is CC1CNC(C(=O)Nc2ccc3c(c2)OC(F)(F)O3)CN1. The highest BCUT2D eigenvalue weighted by atomic mass is 19.3. The molecule has 0 aromatic heterocycles. The molecule has 0 spiro atoms. The Morgan fingerprint density at radius 1 is 1.29 bits per heavy atom. The van der Waals surface area contributed by atoms with E-state index in [-0.39, 0.29) is 23.4 Å². The van der Waals surface area contributed by atoms with E-state index in [0.29, 0.717) is 24.8 Å². The van der Waals surface area contributed by atoms with Crippen molar-refractivity contribution < 1.29 is 23.0 Å². The Bertz CT molecular complexity index is 560. The standard InChI is InChI=1S/C13H15F2N3O3/c1-7-5-17-9(6-16-7)12(19)18-8-2-3-10-11(4-8)21-13(14,15)20-10/h2-4,7,9,16-17H,5-6H2,1H3,(H,18,19). The van der Waals surface area contributed by atoms with Crippen LogP contribution in [0.5, 0.6) is 11.5 Å². The molecule has 2 aliphatic rings. The fraction of sp³-hybridized carbons (Fsp3) is 0.462. The lowest BCUT2D eigenvalue weighted by Gasteiger charge is -2.28. The lowest BCUT2D eigenvalue weighted by molar-refractivity contribution is -0.286. The molecule has 21 heavy (non-hydrogen) atoms. The molecule has 1 aromatic carbocycles. The van der Waals surface area contributed by atoms with Crippen molar-refractivity contribution in [2.45, 2.75) is 25.3 Å². The quantitative estimate of drug-likeness (QED) is 0.757. The molecule has 6 nitrogen and oxygen atoms in total. The van der Waals surface area contributed by atoms with Gasteiger partial charge in [0.25, 0.3) is 0 Å². The molecule has 0 aliphatic carbocycles. The highest BCUT2D eigenvalue weighted by molar-refractivity contribution is 5.95. The average molecular weight is 299 g/mol. The van der Waals surface area contributed by atoms with Crippen LogP contribution in [0.2, 0.25) is 0 Å². The summed E-state index contributed by atoms with van der Waals surface area (Å²) in [7, 11) is 0. The number of amides is 1. The van der Waals surface area contributed by atoms with Gasteiger partial charge in [0, 0.05) is 30.9 Å². The summed E-state index contributed by atoms with van der Waals surface area (Å²) in [6.07, 6.45) is -3.66. The Balaban J connectivity index is 1.65. The van der Waals surface area contributed by atoms with E-state index >= 15 is 0 Å². The fourth-order valence-electron chi connectivity index (χ4n) is 2.22. The fourth-order valence-corrected chi connectivity index (χ4v) is 2.22. The van der Waals surface area contributed by atoms with Crippen LogP contribution in [-0.2, 0) is 4.79 Å². The number of carbonyl (C=O) groups excluding carboxylic acids is 1. The van der Waals surface area contributed by atoms with Crippen molar-refractivity contribution in [2.24, 2.45) is 0 Å². The van der Waals surface area contributed by atoms with Crippen LogP contribution in [0.1, 0.15) is 6.92 Å². The molecular formula is C13H15F2N3O3. The van der Waals surface area contributed by atoms with E-state index in [0.717, 1.165) is 0 Å². The van der Waals surface area contributed by atoms with Gasteiger partial charge in [0.1, 0.15) is 0 Å². The minimum atomic E-state index is -3.66. The summed E-state index contributed by atoms with van der Waals surface area (Å²) in [6, 6.07) is 4.07. The van der Waals surface area contributed by atoms with Crippen molar-refractivity contribution in [1.82, 2.24) is 10.6 Å². The number of nitrogens with one attached hydrogen (secondary N) is 3. The lowest BCUT2D eigenvalue weighted by atomic mass is 10.1. The first kappa shape index (κ1) is 14.0. The largest absolute Gasteiger partial charge is 0.586 e. The van der Waals surface area contributed by atoms with Gasteiger partial charge in [-0.25, -0.2) is 0 Å². The molecule has 0 saturated carbocycles. The maximum Gasteiger partial charge on any atom is 0.586 e. The molecular weight excluding hydrogens is 284 g/mol. The third kappa shape index (κ3) is 3.06. The molecule has 8 heteroatoms. The van der Waals surface area contributed by atoms with Crippen LogP contribution >= 0.6 is 0 Å². The molecule has 2 unspecified atom stereocenters. The number of carbonyl (C=O) groups is 1. The Hall–Kier alpha value is -1.93. The van der Waals surface area contributed by atoms with Crippen molar-refractivity contribution in [3.05, 3.63) is 18.2 Å². The normalized spacial score (nSPS) is 26.4. The molecule has 114 valence electrons.